The lowest BCUT2D eigenvalue weighted by molar-refractivity contribution is 0.590. The minimum absolute atomic E-state index is 0. The zero-order chi connectivity index (χ0) is 22.0. The molecular formula is C25H25ClN4O2S. The predicted molar refractivity (Wildman–Crippen MR) is 137 cm³/mol. The number of hydrogen-bond acceptors (Lipinski definition) is 5. The average Bonchev–Trinajstić information content (AvgIpc) is 2.84. The summed E-state index contributed by atoms with van der Waals surface area (Å²) in [6.07, 6.45) is 1.80. The fourth-order valence-corrected chi connectivity index (χ4v) is 5.10. The van der Waals surface area contributed by atoms with Gasteiger partial charge in [-0.3, -0.25) is 9.71 Å². The second-order valence-corrected chi connectivity index (χ2v) is 9.48. The number of nitrogens with zero attached hydrogens (tertiary/aromatic N) is 2. The van der Waals surface area contributed by atoms with E-state index in [1.54, 1.807) is 24.4 Å². The Balaban J connectivity index is 0.00000259. The third-order valence-electron chi connectivity index (χ3n) is 5.70. The maximum Gasteiger partial charge on any atom is 0.261 e. The van der Waals surface area contributed by atoms with Crippen molar-refractivity contribution in [2.24, 2.45) is 0 Å². The molecule has 170 valence electrons. The highest BCUT2D eigenvalue weighted by Crippen LogP contribution is 2.29. The molecule has 1 aliphatic heterocycles. The lowest BCUT2D eigenvalue weighted by Crippen LogP contribution is -2.43. The number of anilines is 2. The highest BCUT2D eigenvalue weighted by atomic mass is 35.5. The van der Waals surface area contributed by atoms with Gasteiger partial charge in [0.25, 0.3) is 10.0 Å². The number of pyridine rings is 1. The van der Waals surface area contributed by atoms with Gasteiger partial charge in [0.1, 0.15) is 0 Å². The highest BCUT2D eigenvalue weighted by Gasteiger charge is 2.17. The van der Waals surface area contributed by atoms with Crippen LogP contribution in [0.25, 0.3) is 22.0 Å². The number of halogens is 1. The molecule has 0 bridgehead atoms. The molecule has 3 aromatic carbocycles. The number of piperazine rings is 1. The topological polar surface area (TPSA) is 74.3 Å². The Labute approximate surface area is 200 Å². The van der Waals surface area contributed by atoms with E-state index in [4.69, 9.17) is 0 Å². The molecule has 0 atom stereocenters. The van der Waals surface area contributed by atoms with E-state index >= 15 is 0 Å². The largest absolute Gasteiger partial charge is 0.368 e. The normalized spacial score (nSPS) is 14.0. The quantitative estimate of drug-likeness (QED) is 0.439. The van der Waals surface area contributed by atoms with Crippen molar-refractivity contribution in [1.29, 1.82) is 0 Å². The van der Waals surface area contributed by atoms with Crippen LogP contribution >= 0.6 is 12.4 Å². The second-order valence-electron chi connectivity index (χ2n) is 7.79. The number of benzene rings is 3. The monoisotopic (exact) mass is 480 g/mol. The Morgan fingerprint density at radius 3 is 2.27 bits per heavy atom. The van der Waals surface area contributed by atoms with E-state index in [-0.39, 0.29) is 17.3 Å². The number of sulfonamides is 1. The summed E-state index contributed by atoms with van der Waals surface area (Å²) >= 11 is 0. The van der Waals surface area contributed by atoms with Crippen LogP contribution in [-0.2, 0) is 10.0 Å². The Hall–Kier alpha value is -3.13. The van der Waals surface area contributed by atoms with Gasteiger partial charge in [-0.05, 0) is 47.5 Å². The summed E-state index contributed by atoms with van der Waals surface area (Å²) in [7, 11) is -3.71. The van der Waals surface area contributed by atoms with Gasteiger partial charge in [0.05, 0.1) is 10.4 Å². The van der Waals surface area contributed by atoms with E-state index in [2.05, 4.69) is 19.9 Å². The second kappa shape index (κ2) is 9.79. The van der Waals surface area contributed by atoms with Crippen molar-refractivity contribution in [3.05, 3.63) is 85.1 Å². The van der Waals surface area contributed by atoms with E-state index < -0.39 is 10.0 Å². The third kappa shape index (κ3) is 4.95. The minimum Gasteiger partial charge on any atom is -0.368 e. The number of nitrogens with one attached hydrogen (secondary N) is 2. The molecule has 1 aliphatic rings. The maximum atomic E-state index is 13.0. The highest BCUT2D eigenvalue weighted by molar-refractivity contribution is 7.92. The number of fused-ring (bicyclic) bond motifs is 1. The molecular weight excluding hydrogens is 456 g/mol. The van der Waals surface area contributed by atoms with E-state index in [0.717, 1.165) is 53.9 Å². The van der Waals surface area contributed by atoms with Gasteiger partial charge in [-0.25, -0.2) is 8.42 Å². The molecule has 0 radical (unpaired) electrons. The van der Waals surface area contributed by atoms with Gasteiger partial charge >= 0.3 is 0 Å². The summed E-state index contributed by atoms with van der Waals surface area (Å²) in [4.78, 5) is 6.99. The van der Waals surface area contributed by atoms with E-state index in [0.29, 0.717) is 5.69 Å². The Morgan fingerprint density at radius 2 is 1.55 bits per heavy atom. The number of hydrogen-bond donors (Lipinski definition) is 2. The third-order valence-corrected chi connectivity index (χ3v) is 7.10. The van der Waals surface area contributed by atoms with Crippen molar-refractivity contribution in [1.82, 2.24) is 10.3 Å². The zero-order valence-corrected chi connectivity index (χ0v) is 19.6. The molecule has 0 spiro atoms. The van der Waals surface area contributed by atoms with Crippen molar-refractivity contribution >= 4 is 44.7 Å². The number of aromatic nitrogens is 1. The first kappa shape index (κ1) is 23.0. The first-order valence-corrected chi connectivity index (χ1v) is 12.1. The Morgan fingerprint density at radius 1 is 0.848 bits per heavy atom. The van der Waals surface area contributed by atoms with Gasteiger partial charge in [-0.2, -0.15) is 0 Å². The maximum absolute atomic E-state index is 13.0. The van der Waals surface area contributed by atoms with Crippen molar-refractivity contribution in [2.45, 2.75) is 4.90 Å². The summed E-state index contributed by atoms with van der Waals surface area (Å²) in [5.74, 6) is 0. The molecule has 1 fully saturated rings. The first-order valence-electron chi connectivity index (χ1n) is 10.6. The molecule has 1 saturated heterocycles. The molecule has 5 rings (SSSR count). The van der Waals surface area contributed by atoms with Crippen LogP contribution in [0, 0.1) is 0 Å². The smallest absolute Gasteiger partial charge is 0.261 e. The van der Waals surface area contributed by atoms with Gasteiger partial charge in [0.15, 0.2) is 0 Å². The standard InChI is InChI=1S/C25H24N4O2S.ClH/c30-32(31,22-9-6-20(7-10-22)19-4-2-1-3-5-19)28-21-8-11-24-23(18-21)25(12-13-27-24)29-16-14-26-15-17-29;/h1-13,18,26,28H,14-17H2;1H. The predicted octanol–water partition coefficient (Wildman–Crippen LogP) is 4.53. The molecule has 8 heteroatoms. The molecule has 0 amide bonds. The van der Waals surface area contributed by atoms with Crippen LogP contribution in [0.5, 0.6) is 0 Å². The Kier molecular flexibility index (Phi) is 6.83. The van der Waals surface area contributed by atoms with Crippen LogP contribution in [0.4, 0.5) is 11.4 Å². The van der Waals surface area contributed by atoms with Gasteiger partial charge in [0.2, 0.25) is 0 Å². The molecule has 0 saturated carbocycles. The molecule has 1 aromatic heterocycles. The first-order chi connectivity index (χ1) is 15.6. The molecule has 0 aliphatic carbocycles. The average molecular weight is 481 g/mol. The van der Waals surface area contributed by atoms with E-state index in [1.165, 1.54) is 0 Å². The van der Waals surface area contributed by atoms with Crippen LogP contribution in [0.15, 0.2) is 90.0 Å². The molecule has 4 aromatic rings. The van der Waals surface area contributed by atoms with Gasteiger partial charge in [-0.1, -0.05) is 42.5 Å². The van der Waals surface area contributed by atoms with Crippen molar-refractivity contribution in [2.75, 3.05) is 35.8 Å². The Bertz CT molecular complexity index is 1340. The fraction of sp³-hybridized carbons (Fsp3) is 0.160. The van der Waals surface area contributed by atoms with Crippen LogP contribution in [0.2, 0.25) is 0 Å². The zero-order valence-electron chi connectivity index (χ0n) is 17.9. The van der Waals surface area contributed by atoms with Crippen LogP contribution in [0.1, 0.15) is 0 Å². The van der Waals surface area contributed by atoms with Crippen LogP contribution in [-0.4, -0.2) is 39.6 Å². The minimum atomic E-state index is -3.71. The van der Waals surface area contributed by atoms with E-state index in [1.807, 2.05) is 60.7 Å². The van der Waals surface area contributed by atoms with E-state index in [9.17, 15) is 8.42 Å². The fourth-order valence-electron chi connectivity index (χ4n) is 4.05. The molecule has 2 N–H and O–H groups in total. The lowest BCUT2D eigenvalue weighted by atomic mass is 10.1. The molecule has 33 heavy (non-hydrogen) atoms. The summed E-state index contributed by atoms with van der Waals surface area (Å²) in [6, 6.07) is 24.3. The van der Waals surface area contributed by atoms with Gasteiger partial charge < -0.3 is 10.2 Å². The van der Waals surface area contributed by atoms with Gasteiger partial charge in [-0.15, -0.1) is 12.4 Å². The molecule has 2 heterocycles. The number of rotatable bonds is 5. The molecule has 0 unspecified atom stereocenters. The lowest BCUT2D eigenvalue weighted by Gasteiger charge is -2.30. The van der Waals surface area contributed by atoms with Gasteiger partial charge in [0, 0.05) is 49.1 Å². The molecule has 6 nitrogen and oxygen atoms in total. The van der Waals surface area contributed by atoms with Crippen LogP contribution < -0.4 is 14.9 Å². The summed E-state index contributed by atoms with van der Waals surface area (Å²) in [6.45, 7) is 3.66. The summed E-state index contributed by atoms with van der Waals surface area (Å²) in [5.41, 5.74) is 4.46. The van der Waals surface area contributed by atoms with Crippen molar-refractivity contribution < 1.29 is 8.42 Å². The van der Waals surface area contributed by atoms with Crippen molar-refractivity contribution in [3.8, 4) is 11.1 Å². The SMILES string of the molecule is Cl.O=S(=O)(Nc1ccc2nccc(N3CCNCC3)c2c1)c1ccc(-c2ccccc2)cc1. The van der Waals surface area contributed by atoms with Crippen molar-refractivity contribution in [3.63, 3.8) is 0 Å². The van der Waals surface area contributed by atoms with Crippen LogP contribution in [0.3, 0.4) is 0 Å². The summed E-state index contributed by atoms with van der Waals surface area (Å²) < 4.78 is 28.8. The summed E-state index contributed by atoms with van der Waals surface area (Å²) in [5, 5.41) is 4.30.